The van der Waals surface area contributed by atoms with E-state index in [1.165, 1.54) is 77.4 Å². The molecule has 4 rings (SSSR count). The number of carbonyl (C=O) groups is 3. The molecule has 0 unspecified atom stereocenters. The molecule has 13 heteroatoms. The molecule has 2 saturated heterocycles. The minimum absolute atomic E-state index is 0.0176. The molecule has 0 radical (unpaired) electrons. The molecule has 1 aromatic carbocycles. The van der Waals surface area contributed by atoms with Crippen molar-refractivity contribution in [1.29, 1.82) is 0 Å². The van der Waals surface area contributed by atoms with Crippen molar-refractivity contribution in [3.63, 3.8) is 0 Å². The molecule has 8 atom stereocenters. The Morgan fingerprint density at radius 3 is 2.13 bits per heavy atom. The van der Waals surface area contributed by atoms with Crippen molar-refractivity contribution in [2.45, 2.75) is 224 Å². The maximum atomic E-state index is 13.5. The van der Waals surface area contributed by atoms with Gasteiger partial charge in [-0.15, -0.1) is 0 Å². The lowest BCUT2D eigenvalue weighted by Gasteiger charge is -2.51. The number of rotatable bonds is 22. The van der Waals surface area contributed by atoms with Crippen molar-refractivity contribution < 1.29 is 62.9 Å². The number of unbranched alkanes of at least 4 members (excludes halogenated alkanes) is 14. The molecular weight excluding hydrogens is 869 g/mol. The van der Waals surface area contributed by atoms with E-state index < -0.39 is 72.5 Å². The minimum Gasteiger partial charge on any atom is -0.466 e. The van der Waals surface area contributed by atoms with Gasteiger partial charge in [0.1, 0.15) is 6.10 Å². The SMILES string of the molecule is CCCCCCCCCCCC/C=C/c1ccc([C@@H]2C[C@@H]3CCO[C@H](/C=C/C(C)(C)[C@]4(O)O[C@@H](C/C(=C\C(=O)OC)[C@@H]4OC(=O)CCCCCCC)C[C@H](CO)OC(=O)C[C@H](O)CCO2)O3)cc1. The zero-order valence-electron chi connectivity index (χ0n) is 42.0. The highest BCUT2D eigenvalue weighted by Gasteiger charge is 2.57. The maximum absolute atomic E-state index is 13.5. The molecule has 3 N–H and O–H groups in total. The van der Waals surface area contributed by atoms with Gasteiger partial charge in [-0.25, -0.2) is 4.79 Å². The van der Waals surface area contributed by atoms with Crippen LogP contribution in [-0.2, 0) is 47.5 Å². The second kappa shape index (κ2) is 31.0. The van der Waals surface area contributed by atoms with E-state index in [1.54, 1.807) is 26.0 Å². The molecule has 0 aliphatic carbocycles. The highest BCUT2D eigenvalue weighted by Crippen LogP contribution is 2.47. The van der Waals surface area contributed by atoms with Crippen molar-refractivity contribution in [2.24, 2.45) is 5.41 Å². The van der Waals surface area contributed by atoms with Crippen molar-refractivity contribution in [1.82, 2.24) is 0 Å². The number of cyclic esters (lactones) is 1. The largest absolute Gasteiger partial charge is 0.466 e. The third kappa shape index (κ3) is 19.8. The van der Waals surface area contributed by atoms with Gasteiger partial charge in [-0.2, -0.15) is 0 Å². The van der Waals surface area contributed by atoms with Crippen molar-refractivity contribution in [2.75, 3.05) is 26.9 Å². The number of aliphatic hydroxyl groups excluding tert-OH is 2. The van der Waals surface area contributed by atoms with Crippen LogP contribution in [0.15, 0.2) is 54.1 Å². The molecule has 0 spiro atoms. The molecule has 0 aromatic heterocycles. The number of esters is 3. The fraction of sp³-hybridized carbons (Fsp3) is 0.727. The van der Waals surface area contributed by atoms with Gasteiger partial charge < -0.3 is 48.5 Å². The van der Waals surface area contributed by atoms with Crippen molar-refractivity contribution in [3.05, 3.63) is 65.3 Å². The van der Waals surface area contributed by atoms with Crippen LogP contribution in [0.25, 0.3) is 6.08 Å². The van der Waals surface area contributed by atoms with Gasteiger partial charge in [-0.3, -0.25) is 9.59 Å². The van der Waals surface area contributed by atoms with E-state index in [4.69, 9.17) is 33.2 Å². The summed E-state index contributed by atoms with van der Waals surface area (Å²) in [7, 11) is 1.22. The lowest BCUT2D eigenvalue weighted by Crippen LogP contribution is -2.62. The third-order valence-corrected chi connectivity index (χ3v) is 13.4. The van der Waals surface area contributed by atoms with E-state index in [0.717, 1.165) is 43.2 Å². The van der Waals surface area contributed by atoms with Gasteiger partial charge in [0.25, 0.3) is 0 Å². The number of carbonyl (C=O) groups excluding carboxylic acids is 3. The van der Waals surface area contributed by atoms with Crippen LogP contribution < -0.4 is 0 Å². The van der Waals surface area contributed by atoms with E-state index in [1.807, 2.05) is 0 Å². The summed E-state index contributed by atoms with van der Waals surface area (Å²) in [5.74, 6) is -4.30. The van der Waals surface area contributed by atoms with Crippen molar-refractivity contribution >= 4 is 24.0 Å². The van der Waals surface area contributed by atoms with E-state index in [0.29, 0.717) is 25.9 Å². The normalized spacial score (nSPS) is 28.4. The van der Waals surface area contributed by atoms with Crippen LogP contribution in [0.2, 0.25) is 0 Å². The topological polar surface area (TPSA) is 177 Å². The first-order chi connectivity index (χ1) is 32.8. The Balaban J connectivity index is 1.54. The fourth-order valence-electron chi connectivity index (χ4n) is 9.15. The third-order valence-electron chi connectivity index (χ3n) is 13.4. The summed E-state index contributed by atoms with van der Waals surface area (Å²) in [6, 6.07) is 8.28. The van der Waals surface area contributed by atoms with Gasteiger partial charge in [-0.1, -0.05) is 154 Å². The lowest BCUT2D eigenvalue weighted by atomic mass is 9.74. The van der Waals surface area contributed by atoms with Gasteiger partial charge in [-0.05, 0) is 61.3 Å². The van der Waals surface area contributed by atoms with Crippen LogP contribution in [0.4, 0.5) is 0 Å². The minimum atomic E-state index is -2.29. The van der Waals surface area contributed by atoms with Gasteiger partial charge in [0.15, 0.2) is 12.4 Å². The Kier molecular flexibility index (Phi) is 26.1. The van der Waals surface area contributed by atoms with Gasteiger partial charge >= 0.3 is 17.9 Å². The van der Waals surface area contributed by atoms with E-state index in [-0.39, 0.29) is 50.4 Å². The fourth-order valence-corrected chi connectivity index (χ4v) is 9.15. The van der Waals surface area contributed by atoms with E-state index in [9.17, 15) is 29.7 Å². The van der Waals surface area contributed by atoms with Gasteiger partial charge in [0.05, 0.1) is 51.2 Å². The molecule has 68 heavy (non-hydrogen) atoms. The second-order valence-corrected chi connectivity index (χ2v) is 19.6. The average Bonchev–Trinajstić information content (AvgIpc) is 3.31. The number of hydrogen-bond acceptors (Lipinski definition) is 13. The molecule has 4 bridgehead atoms. The summed E-state index contributed by atoms with van der Waals surface area (Å²) in [6.45, 7) is 7.78. The summed E-state index contributed by atoms with van der Waals surface area (Å²) in [5, 5.41) is 34.2. The Labute approximate surface area is 407 Å². The number of aliphatic hydroxyl groups is 3. The summed E-state index contributed by atoms with van der Waals surface area (Å²) < 4.78 is 42.2. The predicted octanol–water partition coefficient (Wildman–Crippen LogP) is 10.5. The molecule has 3 aliphatic rings. The molecule has 0 saturated carbocycles. The quantitative estimate of drug-likeness (QED) is 0.0329. The summed E-state index contributed by atoms with van der Waals surface area (Å²) >= 11 is 0. The Morgan fingerprint density at radius 1 is 0.824 bits per heavy atom. The van der Waals surface area contributed by atoms with E-state index >= 15 is 0 Å². The predicted molar refractivity (Wildman–Crippen MR) is 262 cm³/mol. The maximum Gasteiger partial charge on any atom is 0.330 e. The number of benzene rings is 1. The first-order valence-corrected chi connectivity index (χ1v) is 26.0. The zero-order valence-corrected chi connectivity index (χ0v) is 42.0. The molecule has 3 aliphatic heterocycles. The average molecular weight is 955 g/mol. The standard InChI is InChI=1S/C55H86O13/c1-6-8-10-12-13-14-15-16-17-18-20-21-23-41-25-27-42(28-26-41)48-39-45-31-34-64-52(66-45)29-32-54(3,4)55(61)53(67-49(58)24-22-19-11-9-7-2)43(36-50(59)62-5)35-46(68-55)38-47(40-56)65-51(60)37-44(57)30-33-63-48/h21,23,25-29,32,36,44-48,52-53,56-57,61H,6-20,22,24,30-31,33-35,37-40H2,1-5H3/b23-21+,32-29+,43-36+/t44-,45+,46+,47-,48+,52+,53+,55-/m1/s1. The summed E-state index contributed by atoms with van der Waals surface area (Å²) in [5.41, 5.74) is 0.949. The summed E-state index contributed by atoms with van der Waals surface area (Å²) in [4.78, 5) is 39.5. The number of fused-ring (bicyclic) bond motifs is 4. The first kappa shape index (κ1) is 57.2. The molecule has 2 fully saturated rings. The smallest absolute Gasteiger partial charge is 0.330 e. The van der Waals surface area contributed by atoms with Crippen LogP contribution in [0, 0.1) is 5.41 Å². The zero-order chi connectivity index (χ0) is 49.2. The second-order valence-electron chi connectivity index (χ2n) is 19.6. The lowest BCUT2D eigenvalue weighted by molar-refractivity contribution is -0.327. The molecule has 384 valence electrons. The van der Waals surface area contributed by atoms with Crippen molar-refractivity contribution in [3.8, 4) is 0 Å². The van der Waals surface area contributed by atoms with Gasteiger partial charge in [0, 0.05) is 37.4 Å². The summed E-state index contributed by atoms with van der Waals surface area (Å²) in [6.07, 6.45) is 22.6. The number of methoxy groups -OCH3 is 1. The highest BCUT2D eigenvalue weighted by atomic mass is 16.7. The number of hydrogen-bond donors (Lipinski definition) is 3. The Morgan fingerprint density at radius 2 is 1.47 bits per heavy atom. The molecule has 3 heterocycles. The Bertz CT molecular complexity index is 1700. The molecule has 0 amide bonds. The Hall–Kier alpha value is -3.43. The number of ether oxygens (including phenoxy) is 7. The van der Waals surface area contributed by atoms with Crippen LogP contribution in [0.5, 0.6) is 0 Å². The monoisotopic (exact) mass is 955 g/mol. The van der Waals surface area contributed by atoms with Crippen LogP contribution in [0.1, 0.15) is 193 Å². The number of allylic oxidation sites excluding steroid dienone is 1. The molecular formula is C55H86O13. The molecule has 13 nitrogen and oxygen atoms in total. The first-order valence-electron chi connectivity index (χ1n) is 26.0. The van der Waals surface area contributed by atoms with E-state index in [2.05, 4.69) is 50.3 Å². The highest BCUT2D eigenvalue weighted by molar-refractivity contribution is 5.83. The van der Waals surface area contributed by atoms with Crippen LogP contribution >= 0.6 is 0 Å². The van der Waals surface area contributed by atoms with Crippen LogP contribution in [-0.4, -0.2) is 103 Å². The molecule has 1 aromatic rings. The van der Waals surface area contributed by atoms with Gasteiger partial charge in [0.2, 0.25) is 5.79 Å². The van der Waals surface area contributed by atoms with Crippen LogP contribution in [0.3, 0.4) is 0 Å².